The molecule has 0 aliphatic carbocycles. The highest BCUT2D eigenvalue weighted by Crippen LogP contribution is 2.34. The first-order valence-corrected chi connectivity index (χ1v) is 7.15. The number of aromatic nitrogens is 2. The third kappa shape index (κ3) is 2.88. The summed E-state index contributed by atoms with van der Waals surface area (Å²) in [5, 5.41) is 0. The fraction of sp³-hybridized carbons (Fsp3) is 0.235. The van der Waals surface area contributed by atoms with E-state index in [4.69, 9.17) is 0 Å². The fourth-order valence-electron chi connectivity index (χ4n) is 2.87. The van der Waals surface area contributed by atoms with Crippen LogP contribution in [0.4, 0.5) is 13.2 Å². The van der Waals surface area contributed by atoms with Crippen molar-refractivity contribution in [3.63, 3.8) is 0 Å². The van der Waals surface area contributed by atoms with Crippen LogP contribution in [0, 0.1) is 12.7 Å². The topological polar surface area (TPSA) is 26.5 Å². The number of benzene rings is 1. The molecule has 0 saturated heterocycles. The van der Waals surface area contributed by atoms with Gasteiger partial charge in [-0.25, -0.2) is 9.37 Å². The second-order valence-corrected chi connectivity index (χ2v) is 5.29. The van der Waals surface area contributed by atoms with E-state index in [-0.39, 0.29) is 17.5 Å². The molecule has 3 aromatic rings. The Morgan fingerprint density at radius 3 is 2.65 bits per heavy atom. The number of fused-ring (bicyclic) bond motifs is 1. The number of pyridine rings is 1. The summed E-state index contributed by atoms with van der Waals surface area (Å²) >= 11 is 0. The first-order chi connectivity index (χ1) is 11.0. The first kappa shape index (κ1) is 15.4. The molecular formula is C17H15F3N2O. The Balaban J connectivity index is 2.11. The molecule has 1 aromatic carbocycles. The van der Waals surface area contributed by atoms with E-state index in [9.17, 15) is 13.2 Å². The molecule has 0 radical (unpaired) electrons. The third-order valence-corrected chi connectivity index (χ3v) is 3.82. The van der Waals surface area contributed by atoms with Gasteiger partial charge in [0.1, 0.15) is 17.2 Å². The van der Waals surface area contributed by atoms with Crippen LogP contribution in [0.25, 0.3) is 5.65 Å². The van der Waals surface area contributed by atoms with Crippen LogP contribution in [0.3, 0.4) is 0 Å². The second-order valence-electron chi connectivity index (χ2n) is 5.29. The van der Waals surface area contributed by atoms with Crippen molar-refractivity contribution in [1.29, 1.82) is 0 Å². The minimum Gasteiger partial charge on any atom is -0.435 e. The van der Waals surface area contributed by atoms with E-state index >= 15 is 0 Å². The Kier molecular flexibility index (Phi) is 3.98. The van der Waals surface area contributed by atoms with Gasteiger partial charge in [0.2, 0.25) is 0 Å². The summed E-state index contributed by atoms with van der Waals surface area (Å²) in [4.78, 5) is 4.35. The van der Waals surface area contributed by atoms with Crippen LogP contribution >= 0.6 is 0 Å². The number of halogens is 3. The molecule has 0 amide bonds. The largest absolute Gasteiger partial charge is 0.435 e. The lowest BCUT2D eigenvalue weighted by Crippen LogP contribution is -2.08. The van der Waals surface area contributed by atoms with Gasteiger partial charge < -0.3 is 9.14 Å². The lowest BCUT2D eigenvalue weighted by atomic mass is 9.95. The molecule has 3 rings (SSSR count). The normalized spacial score (nSPS) is 12.8. The van der Waals surface area contributed by atoms with Gasteiger partial charge in [0.15, 0.2) is 0 Å². The first-order valence-electron chi connectivity index (χ1n) is 7.15. The number of para-hydroxylation sites is 1. The Morgan fingerprint density at radius 1 is 1.17 bits per heavy atom. The van der Waals surface area contributed by atoms with Gasteiger partial charge in [-0.15, -0.1) is 0 Å². The number of aryl methyl sites for hydroxylation is 1. The van der Waals surface area contributed by atoms with E-state index in [1.54, 1.807) is 28.8 Å². The van der Waals surface area contributed by atoms with E-state index in [2.05, 4.69) is 9.72 Å². The van der Waals surface area contributed by atoms with E-state index < -0.39 is 6.61 Å². The van der Waals surface area contributed by atoms with Gasteiger partial charge in [-0.3, -0.25) is 0 Å². The van der Waals surface area contributed by atoms with E-state index in [1.807, 2.05) is 13.8 Å². The quantitative estimate of drug-likeness (QED) is 0.706. The smallest absolute Gasteiger partial charge is 0.387 e. The average Bonchev–Trinajstić information content (AvgIpc) is 2.81. The van der Waals surface area contributed by atoms with Crippen molar-refractivity contribution in [2.24, 2.45) is 0 Å². The molecule has 2 aromatic heterocycles. The molecule has 0 saturated carbocycles. The number of hydrogen-bond acceptors (Lipinski definition) is 2. The molecule has 0 aliphatic rings. The molecule has 0 aliphatic heterocycles. The standard InChI is InChI=1S/C17H15F3N2O/c1-10(13-5-3-4-6-14(13)23-17(19)20)16-11(2)21-15-9-12(18)7-8-22(15)16/h3-10,17H,1-2H3. The van der Waals surface area contributed by atoms with Crippen LogP contribution < -0.4 is 4.74 Å². The Labute approximate surface area is 131 Å². The number of nitrogens with zero attached hydrogens (tertiary/aromatic N) is 2. The summed E-state index contributed by atoms with van der Waals surface area (Å²) < 4.78 is 44.9. The zero-order valence-electron chi connectivity index (χ0n) is 12.6. The predicted octanol–water partition coefficient (Wildman–Crippen LogP) is 4.54. The van der Waals surface area contributed by atoms with Gasteiger partial charge in [0, 0.05) is 23.7 Å². The van der Waals surface area contributed by atoms with Crippen molar-refractivity contribution in [3.05, 3.63) is 65.4 Å². The summed E-state index contributed by atoms with van der Waals surface area (Å²) in [6, 6.07) is 9.34. The molecule has 2 heterocycles. The Bertz CT molecular complexity index is 845. The summed E-state index contributed by atoms with van der Waals surface area (Å²) in [7, 11) is 0. The predicted molar refractivity (Wildman–Crippen MR) is 80.5 cm³/mol. The SMILES string of the molecule is Cc1nc2cc(F)ccn2c1C(C)c1ccccc1OC(F)F. The monoisotopic (exact) mass is 320 g/mol. The number of imidazole rings is 1. The summed E-state index contributed by atoms with van der Waals surface area (Å²) in [6.45, 7) is 0.807. The van der Waals surface area contributed by atoms with Crippen molar-refractivity contribution in [2.45, 2.75) is 26.4 Å². The van der Waals surface area contributed by atoms with Crippen LogP contribution in [-0.4, -0.2) is 16.0 Å². The Morgan fingerprint density at radius 2 is 1.91 bits per heavy atom. The molecule has 3 nitrogen and oxygen atoms in total. The van der Waals surface area contributed by atoms with Crippen LogP contribution in [0.5, 0.6) is 5.75 Å². The highest BCUT2D eigenvalue weighted by molar-refractivity contribution is 5.48. The zero-order chi connectivity index (χ0) is 16.6. The highest BCUT2D eigenvalue weighted by Gasteiger charge is 2.21. The Hall–Kier alpha value is -2.50. The minimum absolute atomic E-state index is 0.131. The molecule has 0 N–H and O–H groups in total. The van der Waals surface area contributed by atoms with Crippen LogP contribution in [0.15, 0.2) is 42.6 Å². The fourth-order valence-corrected chi connectivity index (χ4v) is 2.87. The number of ether oxygens (including phenoxy) is 1. The second kappa shape index (κ2) is 5.95. The highest BCUT2D eigenvalue weighted by atomic mass is 19.3. The van der Waals surface area contributed by atoms with Gasteiger partial charge in [0.05, 0.1) is 11.4 Å². The lowest BCUT2D eigenvalue weighted by molar-refractivity contribution is -0.0505. The molecule has 0 bridgehead atoms. The van der Waals surface area contributed by atoms with Crippen molar-refractivity contribution in [1.82, 2.24) is 9.38 Å². The van der Waals surface area contributed by atoms with Crippen molar-refractivity contribution in [3.8, 4) is 5.75 Å². The summed E-state index contributed by atoms with van der Waals surface area (Å²) in [5.74, 6) is -0.486. The molecular weight excluding hydrogens is 305 g/mol. The van der Waals surface area contributed by atoms with Crippen LogP contribution in [-0.2, 0) is 0 Å². The van der Waals surface area contributed by atoms with Crippen molar-refractivity contribution < 1.29 is 17.9 Å². The molecule has 1 atom stereocenters. The maximum absolute atomic E-state index is 13.4. The van der Waals surface area contributed by atoms with E-state index in [0.29, 0.717) is 11.2 Å². The maximum atomic E-state index is 13.4. The molecule has 0 spiro atoms. The summed E-state index contributed by atoms with van der Waals surface area (Å²) in [5.41, 5.74) is 2.64. The van der Waals surface area contributed by atoms with Gasteiger partial charge in [-0.1, -0.05) is 25.1 Å². The van der Waals surface area contributed by atoms with E-state index in [0.717, 1.165) is 11.4 Å². The number of hydrogen-bond donors (Lipinski definition) is 0. The van der Waals surface area contributed by atoms with Gasteiger partial charge >= 0.3 is 6.61 Å². The van der Waals surface area contributed by atoms with Gasteiger partial charge in [0.25, 0.3) is 0 Å². The zero-order valence-corrected chi connectivity index (χ0v) is 12.6. The van der Waals surface area contributed by atoms with Gasteiger partial charge in [-0.2, -0.15) is 8.78 Å². The minimum atomic E-state index is -2.89. The molecule has 120 valence electrons. The van der Waals surface area contributed by atoms with E-state index in [1.165, 1.54) is 18.2 Å². The van der Waals surface area contributed by atoms with Crippen molar-refractivity contribution >= 4 is 5.65 Å². The maximum Gasteiger partial charge on any atom is 0.387 e. The third-order valence-electron chi connectivity index (χ3n) is 3.82. The van der Waals surface area contributed by atoms with Crippen LogP contribution in [0.2, 0.25) is 0 Å². The average molecular weight is 320 g/mol. The summed E-state index contributed by atoms with van der Waals surface area (Å²) in [6.07, 6.45) is 1.59. The van der Waals surface area contributed by atoms with Crippen molar-refractivity contribution in [2.75, 3.05) is 0 Å². The molecule has 23 heavy (non-hydrogen) atoms. The molecule has 6 heteroatoms. The lowest BCUT2D eigenvalue weighted by Gasteiger charge is -2.17. The molecule has 0 fully saturated rings. The molecule has 1 unspecified atom stereocenters. The van der Waals surface area contributed by atoms with Crippen LogP contribution in [0.1, 0.15) is 29.8 Å². The number of rotatable bonds is 4. The van der Waals surface area contributed by atoms with Gasteiger partial charge in [-0.05, 0) is 19.1 Å². The number of alkyl halides is 2.